The second-order valence-corrected chi connectivity index (χ2v) is 9.35. The topological polar surface area (TPSA) is 53.8 Å². The molecule has 0 radical (unpaired) electrons. The number of aryl methyl sites for hydroxylation is 1. The molecule has 0 bridgehead atoms. The standard InChI is InChI=1S/C26H26N2OS/c1-17(2)13-22-21-9-5-6-10-24(21)28-26(23(22)15-27)30-16-25(29)20-12-11-18-7-3-4-8-19(18)14-20/h3-4,7-8,11-12,14,17H,5-6,9-10,13,16H2,1-2H3. The number of Topliss-reactive ketones (excluding diaryl/α,β-unsaturated/α-hetero) is 1. The number of rotatable bonds is 6. The van der Waals surface area contributed by atoms with E-state index in [1.54, 1.807) is 0 Å². The fraction of sp³-hybridized carbons (Fsp3) is 0.346. The Morgan fingerprint density at radius 2 is 1.90 bits per heavy atom. The van der Waals surface area contributed by atoms with Crippen LogP contribution in [0.2, 0.25) is 0 Å². The summed E-state index contributed by atoms with van der Waals surface area (Å²) in [5, 5.41) is 12.8. The lowest BCUT2D eigenvalue weighted by Crippen LogP contribution is -2.14. The summed E-state index contributed by atoms with van der Waals surface area (Å²) in [4.78, 5) is 17.7. The zero-order valence-electron chi connectivity index (χ0n) is 17.6. The van der Waals surface area contributed by atoms with Crippen LogP contribution in [-0.2, 0) is 19.3 Å². The van der Waals surface area contributed by atoms with Crippen LogP contribution in [0.1, 0.15) is 59.4 Å². The molecule has 0 saturated heterocycles. The molecule has 0 amide bonds. The molecule has 0 saturated carbocycles. The van der Waals surface area contributed by atoms with E-state index in [4.69, 9.17) is 4.98 Å². The third-order valence-corrected chi connectivity index (χ3v) is 6.67. The van der Waals surface area contributed by atoms with Crippen molar-refractivity contribution in [3.8, 4) is 6.07 Å². The van der Waals surface area contributed by atoms with Gasteiger partial charge < -0.3 is 0 Å². The molecular weight excluding hydrogens is 388 g/mol. The zero-order chi connectivity index (χ0) is 21.1. The maximum Gasteiger partial charge on any atom is 0.173 e. The lowest BCUT2D eigenvalue weighted by atomic mass is 9.87. The van der Waals surface area contributed by atoms with Crippen LogP contribution in [0.5, 0.6) is 0 Å². The van der Waals surface area contributed by atoms with Gasteiger partial charge in [-0.1, -0.05) is 62.0 Å². The number of nitrogens with zero attached hydrogens (tertiary/aromatic N) is 2. The fourth-order valence-electron chi connectivity index (χ4n) is 4.23. The molecule has 0 unspecified atom stereocenters. The molecule has 1 aliphatic rings. The quantitative estimate of drug-likeness (QED) is 0.358. The largest absolute Gasteiger partial charge is 0.293 e. The highest BCUT2D eigenvalue weighted by atomic mass is 32.2. The van der Waals surface area contributed by atoms with E-state index in [0.717, 1.165) is 59.2 Å². The van der Waals surface area contributed by atoms with Crippen molar-refractivity contribution in [2.45, 2.75) is 51.0 Å². The van der Waals surface area contributed by atoms with E-state index in [1.807, 2.05) is 42.5 Å². The van der Waals surface area contributed by atoms with E-state index in [1.165, 1.54) is 17.3 Å². The van der Waals surface area contributed by atoms with Gasteiger partial charge in [-0.15, -0.1) is 0 Å². The van der Waals surface area contributed by atoms with Crippen LogP contribution in [0, 0.1) is 17.2 Å². The van der Waals surface area contributed by atoms with Crippen molar-refractivity contribution in [1.82, 2.24) is 4.98 Å². The maximum atomic E-state index is 12.9. The molecule has 30 heavy (non-hydrogen) atoms. The number of hydrogen-bond acceptors (Lipinski definition) is 4. The van der Waals surface area contributed by atoms with Crippen LogP contribution >= 0.6 is 11.8 Å². The molecule has 1 aromatic heterocycles. The molecule has 0 aliphatic heterocycles. The average molecular weight is 415 g/mol. The average Bonchev–Trinajstić information content (AvgIpc) is 2.76. The molecule has 3 aromatic rings. The van der Waals surface area contributed by atoms with Gasteiger partial charge in [0.05, 0.1) is 11.3 Å². The number of thioether (sulfide) groups is 1. The number of carbonyl (C=O) groups is 1. The molecular formula is C26H26N2OS. The Hall–Kier alpha value is -2.64. The molecule has 4 rings (SSSR count). The minimum atomic E-state index is 0.0690. The second-order valence-electron chi connectivity index (χ2n) is 8.39. The Labute approximate surface area is 182 Å². The van der Waals surface area contributed by atoms with Crippen LogP contribution in [0.25, 0.3) is 10.8 Å². The molecule has 0 N–H and O–H groups in total. The van der Waals surface area contributed by atoms with Gasteiger partial charge in [0.25, 0.3) is 0 Å². The molecule has 152 valence electrons. The van der Waals surface area contributed by atoms with Gasteiger partial charge in [0.15, 0.2) is 5.78 Å². The summed E-state index contributed by atoms with van der Waals surface area (Å²) >= 11 is 1.41. The highest BCUT2D eigenvalue weighted by Crippen LogP contribution is 2.33. The number of aromatic nitrogens is 1. The third kappa shape index (κ3) is 4.27. The summed E-state index contributed by atoms with van der Waals surface area (Å²) in [6, 6.07) is 16.3. The summed E-state index contributed by atoms with van der Waals surface area (Å²) in [6.45, 7) is 4.37. The maximum absolute atomic E-state index is 12.9. The highest BCUT2D eigenvalue weighted by Gasteiger charge is 2.23. The van der Waals surface area contributed by atoms with Gasteiger partial charge in [-0.2, -0.15) is 5.26 Å². The number of pyridine rings is 1. The first-order chi connectivity index (χ1) is 14.6. The monoisotopic (exact) mass is 414 g/mol. The summed E-state index contributed by atoms with van der Waals surface area (Å²) in [7, 11) is 0. The van der Waals surface area contributed by atoms with Gasteiger partial charge in [-0.05, 0) is 66.0 Å². The second kappa shape index (κ2) is 9.02. The van der Waals surface area contributed by atoms with Crippen molar-refractivity contribution in [2.75, 3.05) is 5.75 Å². The minimum Gasteiger partial charge on any atom is -0.293 e. The van der Waals surface area contributed by atoms with Crippen molar-refractivity contribution in [2.24, 2.45) is 5.92 Å². The normalized spacial score (nSPS) is 13.3. The molecule has 3 nitrogen and oxygen atoms in total. The van der Waals surface area contributed by atoms with E-state index >= 15 is 0 Å². The summed E-state index contributed by atoms with van der Waals surface area (Å²) < 4.78 is 0. The first-order valence-electron chi connectivity index (χ1n) is 10.7. The van der Waals surface area contributed by atoms with E-state index in [0.29, 0.717) is 22.8 Å². The highest BCUT2D eigenvalue weighted by molar-refractivity contribution is 8.00. The molecule has 0 fully saturated rings. The predicted molar refractivity (Wildman–Crippen MR) is 123 cm³/mol. The van der Waals surface area contributed by atoms with Crippen LogP contribution < -0.4 is 0 Å². The van der Waals surface area contributed by atoms with Crippen LogP contribution in [0.4, 0.5) is 0 Å². The number of hydrogen-bond donors (Lipinski definition) is 0. The Kier molecular flexibility index (Phi) is 6.20. The van der Waals surface area contributed by atoms with Crippen molar-refractivity contribution in [1.29, 1.82) is 5.26 Å². The Morgan fingerprint density at radius 3 is 2.67 bits per heavy atom. The van der Waals surface area contributed by atoms with Gasteiger partial charge >= 0.3 is 0 Å². The van der Waals surface area contributed by atoms with Gasteiger partial charge in [-0.25, -0.2) is 4.98 Å². The fourth-order valence-corrected chi connectivity index (χ4v) is 5.15. The molecule has 0 atom stereocenters. The van der Waals surface area contributed by atoms with Crippen molar-refractivity contribution < 1.29 is 4.79 Å². The lowest BCUT2D eigenvalue weighted by molar-refractivity contribution is 0.102. The molecule has 4 heteroatoms. The number of fused-ring (bicyclic) bond motifs is 2. The molecule has 1 aliphatic carbocycles. The molecule has 1 heterocycles. The van der Waals surface area contributed by atoms with Gasteiger partial charge in [0.2, 0.25) is 0 Å². The zero-order valence-corrected chi connectivity index (χ0v) is 18.4. The number of carbonyl (C=O) groups excluding carboxylic acids is 1. The smallest absolute Gasteiger partial charge is 0.173 e. The van der Waals surface area contributed by atoms with Crippen LogP contribution in [0.3, 0.4) is 0 Å². The van der Waals surface area contributed by atoms with Crippen molar-refractivity contribution in [3.63, 3.8) is 0 Å². The minimum absolute atomic E-state index is 0.0690. The SMILES string of the molecule is CC(C)Cc1c(C#N)c(SCC(=O)c2ccc3ccccc3c2)nc2c1CCCC2. The van der Waals surface area contributed by atoms with E-state index in [-0.39, 0.29) is 5.78 Å². The Bertz CT molecular complexity index is 1140. The third-order valence-electron chi connectivity index (χ3n) is 5.69. The molecule has 0 spiro atoms. The van der Waals surface area contributed by atoms with Crippen LogP contribution in [0.15, 0.2) is 47.5 Å². The van der Waals surface area contributed by atoms with Gasteiger partial charge in [0, 0.05) is 11.3 Å². The van der Waals surface area contributed by atoms with Crippen molar-refractivity contribution in [3.05, 3.63) is 70.4 Å². The number of nitriles is 1. The predicted octanol–water partition coefficient (Wildman–Crippen LogP) is 6.16. The summed E-state index contributed by atoms with van der Waals surface area (Å²) in [5.74, 6) is 0.835. The number of ketones is 1. The molecule has 2 aromatic carbocycles. The Morgan fingerprint density at radius 1 is 1.13 bits per heavy atom. The van der Waals surface area contributed by atoms with Crippen molar-refractivity contribution >= 4 is 28.3 Å². The van der Waals surface area contributed by atoms with E-state index in [9.17, 15) is 10.1 Å². The Balaban J connectivity index is 1.62. The summed E-state index contributed by atoms with van der Waals surface area (Å²) in [5.41, 5.74) is 4.98. The van der Waals surface area contributed by atoms with E-state index in [2.05, 4.69) is 19.9 Å². The van der Waals surface area contributed by atoms with Crippen LogP contribution in [-0.4, -0.2) is 16.5 Å². The first kappa shape index (κ1) is 20.6. The lowest BCUT2D eigenvalue weighted by Gasteiger charge is -2.22. The van der Waals surface area contributed by atoms with E-state index < -0.39 is 0 Å². The first-order valence-corrected chi connectivity index (χ1v) is 11.6. The number of benzene rings is 2. The van der Waals surface area contributed by atoms with Gasteiger partial charge in [0.1, 0.15) is 11.1 Å². The summed E-state index contributed by atoms with van der Waals surface area (Å²) in [6.07, 6.45) is 5.18. The van der Waals surface area contributed by atoms with Gasteiger partial charge in [-0.3, -0.25) is 4.79 Å².